The van der Waals surface area contributed by atoms with Gasteiger partial charge in [-0.2, -0.15) is 0 Å². The van der Waals surface area contributed by atoms with Gasteiger partial charge in [-0.1, -0.05) is 66.2 Å². The predicted octanol–water partition coefficient (Wildman–Crippen LogP) is 6.42. The molecule has 2 unspecified atom stereocenters. The summed E-state index contributed by atoms with van der Waals surface area (Å²) in [6, 6.07) is 24.0. The van der Waals surface area contributed by atoms with Crippen LogP contribution < -0.4 is 0 Å². The van der Waals surface area contributed by atoms with E-state index in [1.54, 1.807) is 6.08 Å². The van der Waals surface area contributed by atoms with Gasteiger partial charge in [-0.3, -0.25) is 0 Å². The summed E-state index contributed by atoms with van der Waals surface area (Å²) < 4.78 is 0. The summed E-state index contributed by atoms with van der Waals surface area (Å²) in [6.07, 6.45) is 2.82. The van der Waals surface area contributed by atoms with Crippen molar-refractivity contribution >= 4 is 23.8 Å². The van der Waals surface area contributed by atoms with Crippen LogP contribution in [0.15, 0.2) is 77.7 Å². The van der Waals surface area contributed by atoms with Crippen LogP contribution in [0.25, 0.3) is 6.08 Å². The van der Waals surface area contributed by atoms with Crippen molar-refractivity contribution in [3.63, 3.8) is 0 Å². The number of fused-ring (bicyclic) bond motifs is 1. The Morgan fingerprint density at radius 1 is 0.931 bits per heavy atom. The number of hydrogen-bond donors (Lipinski definition) is 1. The van der Waals surface area contributed by atoms with E-state index in [1.807, 2.05) is 23.9 Å². The van der Waals surface area contributed by atoms with Crippen molar-refractivity contribution in [1.29, 1.82) is 0 Å². The molecule has 0 spiro atoms. The van der Waals surface area contributed by atoms with Crippen LogP contribution in [0.2, 0.25) is 0 Å². The second-order valence-corrected chi connectivity index (χ2v) is 8.75. The first-order valence-electron chi connectivity index (χ1n) is 9.82. The zero-order valence-electron chi connectivity index (χ0n) is 16.6. The lowest BCUT2D eigenvalue weighted by atomic mass is 9.77. The van der Waals surface area contributed by atoms with Crippen LogP contribution in [0.5, 0.6) is 0 Å². The largest absolute Gasteiger partial charge is 0.478 e. The molecule has 0 aromatic heterocycles. The van der Waals surface area contributed by atoms with E-state index in [9.17, 15) is 4.79 Å². The third kappa shape index (κ3) is 4.30. The molecule has 0 bridgehead atoms. The van der Waals surface area contributed by atoms with E-state index in [1.165, 1.54) is 38.8 Å². The van der Waals surface area contributed by atoms with Crippen LogP contribution in [-0.2, 0) is 4.79 Å². The van der Waals surface area contributed by atoms with E-state index in [4.69, 9.17) is 5.11 Å². The molecule has 0 amide bonds. The fourth-order valence-electron chi connectivity index (χ4n) is 4.01. The molecule has 1 heterocycles. The maximum Gasteiger partial charge on any atom is 0.328 e. The molecule has 1 aliphatic heterocycles. The maximum atomic E-state index is 10.8. The van der Waals surface area contributed by atoms with Crippen LogP contribution in [0.1, 0.15) is 45.2 Å². The van der Waals surface area contributed by atoms with Gasteiger partial charge in [0.2, 0.25) is 0 Å². The molecule has 1 N–H and O–H groups in total. The van der Waals surface area contributed by atoms with Crippen molar-refractivity contribution in [3.05, 3.63) is 106 Å². The Labute approximate surface area is 176 Å². The zero-order valence-corrected chi connectivity index (χ0v) is 17.4. The van der Waals surface area contributed by atoms with Gasteiger partial charge in [0.15, 0.2) is 0 Å². The van der Waals surface area contributed by atoms with Crippen LogP contribution in [0, 0.1) is 13.8 Å². The highest BCUT2D eigenvalue weighted by Crippen LogP contribution is 2.49. The smallest absolute Gasteiger partial charge is 0.328 e. The lowest BCUT2D eigenvalue weighted by Crippen LogP contribution is -2.20. The topological polar surface area (TPSA) is 37.3 Å². The van der Waals surface area contributed by atoms with Crippen molar-refractivity contribution in [2.75, 3.05) is 5.75 Å². The number of rotatable bonds is 4. The highest BCUT2D eigenvalue weighted by Gasteiger charge is 2.32. The molecule has 2 atom stereocenters. The predicted molar refractivity (Wildman–Crippen MR) is 121 cm³/mol. The normalized spacial score (nSPS) is 18.6. The van der Waals surface area contributed by atoms with Crippen LogP contribution in [-0.4, -0.2) is 16.8 Å². The van der Waals surface area contributed by atoms with Crippen molar-refractivity contribution in [2.24, 2.45) is 0 Å². The lowest BCUT2D eigenvalue weighted by Gasteiger charge is -2.34. The van der Waals surface area contributed by atoms with Gasteiger partial charge < -0.3 is 5.11 Å². The number of hydrogen-bond acceptors (Lipinski definition) is 2. The van der Waals surface area contributed by atoms with Gasteiger partial charge in [0, 0.05) is 28.6 Å². The number of carbonyl (C=O) groups is 1. The molecule has 1 aliphatic rings. The summed E-state index contributed by atoms with van der Waals surface area (Å²) in [5.41, 5.74) is 7.49. The quantitative estimate of drug-likeness (QED) is 0.513. The van der Waals surface area contributed by atoms with E-state index in [2.05, 4.69) is 68.4 Å². The second-order valence-electron chi connectivity index (χ2n) is 7.69. The molecule has 0 saturated heterocycles. The fraction of sp³-hybridized carbons (Fsp3) is 0.192. The summed E-state index contributed by atoms with van der Waals surface area (Å²) in [5.74, 6) is 0.801. The first kappa shape index (κ1) is 19.5. The van der Waals surface area contributed by atoms with Gasteiger partial charge in [-0.15, -0.1) is 11.8 Å². The van der Waals surface area contributed by atoms with Crippen molar-refractivity contribution in [1.82, 2.24) is 0 Å². The molecule has 0 radical (unpaired) electrons. The number of aryl methyl sites for hydroxylation is 2. The molecule has 29 heavy (non-hydrogen) atoms. The first-order chi connectivity index (χ1) is 14.0. The third-order valence-corrected chi connectivity index (χ3v) is 6.73. The molecule has 3 aromatic carbocycles. The molecular weight excluding hydrogens is 376 g/mol. The van der Waals surface area contributed by atoms with Gasteiger partial charge in [0.05, 0.1) is 0 Å². The molecule has 0 fully saturated rings. The number of thioether (sulfide) groups is 1. The molecule has 146 valence electrons. The Balaban J connectivity index is 1.76. The molecular formula is C26H24O2S. The number of aliphatic carboxylic acids is 1. The summed E-state index contributed by atoms with van der Waals surface area (Å²) in [6.45, 7) is 4.27. The standard InChI is InChI=1S/C26H24O2S/c1-17-3-9-20(10-4-17)23-16-29-24-15-18(2)5-13-22(24)26(23)21-11-6-19(7-12-21)8-14-25(27)28/h3-15,23,26H,16H2,1-2H3,(H,27,28)/b14-8+. The van der Waals surface area contributed by atoms with Crippen LogP contribution >= 0.6 is 11.8 Å². The minimum absolute atomic E-state index is 0.284. The zero-order chi connectivity index (χ0) is 20.4. The SMILES string of the molecule is Cc1ccc(C2CSc3cc(C)ccc3C2c2ccc(/C=C/C(=O)O)cc2)cc1. The fourth-order valence-corrected chi connectivity index (χ4v) is 5.39. The molecule has 0 aliphatic carbocycles. The van der Waals surface area contributed by atoms with Crippen LogP contribution in [0.4, 0.5) is 0 Å². The molecule has 2 nitrogen and oxygen atoms in total. The summed E-state index contributed by atoms with van der Waals surface area (Å²) in [4.78, 5) is 12.2. The van der Waals surface area contributed by atoms with Crippen LogP contribution in [0.3, 0.4) is 0 Å². The molecule has 3 heteroatoms. The Hall–Kier alpha value is -2.78. The first-order valence-corrected chi connectivity index (χ1v) is 10.8. The Morgan fingerprint density at radius 2 is 1.59 bits per heavy atom. The second kappa shape index (κ2) is 8.30. The monoisotopic (exact) mass is 400 g/mol. The molecule has 3 aromatic rings. The highest BCUT2D eigenvalue weighted by molar-refractivity contribution is 7.99. The summed E-state index contributed by atoms with van der Waals surface area (Å²) in [7, 11) is 0. The van der Waals surface area contributed by atoms with Gasteiger partial charge in [-0.05, 0) is 53.8 Å². The van der Waals surface area contributed by atoms with E-state index < -0.39 is 5.97 Å². The summed E-state index contributed by atoms with van der Waals surface area (Å²) in [5, 5.41) is 8.86. The van der Waals surface area contributed by atoms with E-state index in [0.29, 0.717) is 5.92 Å². The van der Waals surface area contributed by atoms with E-state index in [-0.39, 0.29) is 5.92 Å². The average Bonchev–Trinajstić information content (AvgIpc) is 2.72. The van der Waals surface area contributed by atoms with E-state index in [0.717, 1.165) is 11.3 Å². The molecule has 0 saturated carbocycles. The van der Waals surface area contributed by atoms with Gasteiger partial charge >= 0.3 is 5.97 Å². The number of carboxylic acid groups (broad SMARTS) is 1. The van der Waals surface area contributed by atoms with Crippen molar-refractivity contribution < 1.29 is 9.90 Å². The maximum absolute atomic E-state index is 10.8. The van der Waals surface area contributed by atoms with Gasteiger partial charge in [-0.25, -0.2) is 4.79 Å². The minimum atomic E-state index is -0.929. The Kier molecular flexibility index (Phi) is 5.59. The van der Waals surface area contributed by atoms with Crippen molar-refractivity contribution in [2.45, 2.75) is 30.6 Å². The third-order valence-electron chi connectivity index (χ3n) is 5.54. The van der Waals surface area contributed by atoms with Gasteiger partial charge in [0.1, 0.15) is 0 Å². The summed E-state index contributed by atoms with van der Waals surface area (Å²) >= 11 is 1.95. The van der Waals surface area contributed by atoms with Gasteiger partial charge in [0.25, 0.3) is 0 Å². The van der Waals surface area contributed by atoms with E-state index >= 15 is 0 Å². The Morgan fingerprint density at radius 3 is 2.28 bits per heavy atom. The van der Waals surface area contributed by atoms with Crippen molar-refractivity contribution in [3.8, 4) is 0 Å². The Bertz CT molecular complexity index is 1050. The minimum Gasteiger partial charge on any atom is -0.478 e. The molecule has 4 rings (SSSR count). The number of benzene rings is 3. The highest BCUT2D eigenvalue weighted by atomic mass is 32.2. The average molecular weight is 401 g/mol. The number of carboxylic acids is 1. The lowest BCUT2D eigenvalue weighted by molar-refractivity contribution is -0.131.